The van der Waals surface area contributed by atoms with Crippen LogP contribution in [0.25, 0.3) is 0 Å². The molecule has 1 aromatic heterocycles. The van der Waals surface area contributed by atoms with Gasteiger partial charge in [-0.2, -0.15) is 0 Å². The maximum absolute atomic E-state index is 12.3. The first kappa shape index (κ1) is 21.0. The van der Waals surface area contributed by atoms with Crippen LogP contribution in [0, 0.1) is 5.92 Å². The van der Waals surface area contributed by atoms with Gasteiger partial charge in [-0.25, -0.2) is 0 Å². The highest BCUT2D eigenvalue weighted by Crippen LogP contribution is 2.21. The zero-order valence-corrected chi connectivity index (χ0v) is 16.0. The van der Waals surface area contributed by atoms with Crippen molar-refractivity contribution in [2.75, 3.05) is 19.6 Å². The Morgan fingerprint density at radius 2 is 1.89 bits per heavy atom. The third-order valence-corrected chi connectivity index (χ3v) is 4.85. The first-order valence-corrected chi connectivity index (χ1v) is 9.03. The molecule has 0 saturated carbocycles. The van der Waals surface area contributed by atoms with Crippen LogP contribution in [0.5, 0.6) is 0 Å². The normalized spacial score (nSPS) is 14.5. The largest absolute Gasteiger partial charge is 0.467 e. The van der Waals surface area contributed by atoms with Crippen LogP contribution in [0.4, 0.5) is 0 Å². The third kappa shape index (κ3) is 5.84. The highest BCUT2D eigenvalue weighted by Gasteiger charge is 2.23. The molecule has 2 heterocycles. The van der Waals surface area contributed by atoms with Gasteiger partial charge in [0.25, 0.3) is 5.91 Å². The molecule has 27 heavy (non-hydrogen) atoms. The lowest BCUT2D eigenvalue weighted by molar-refractivity contribution is -0.131. The number of nitrogens with two attached hydrogens (primary N) is 1. The minimum Gasteiger partial charge on any atom is -0.467 e. The Kier molecular flexibility index (Phi) is 7.88. The Morgan fingerprint density at radius 1 is 1.19 bits per heavy atom. The summed E-state index contributed by atoms with van der Waals surface area (Å²) in [7, 11) is 0. The highest BCUT2D eigenvalue weighted by atomic mass is 35.5. The van der Waals surface area contributed by atoms with Crippen LogP contribution in [0.2, 0.25) is 0 Å². The highest BCUT2D eigenvalue weighted by molar-refractivity contribution is 5.96. The minimum atomic E-state index is -0.319. The van der Waals surface area contributed by atoms with Crippen molar-refractivity contribution in [2.24, 2.45) is 11.7 Å². The van der Waals surface area contributed by atoms with E-state index in [0.29, 0.717) is 17.2 Å². The van der Waals surface area contributed by atoms with Crippen molar-refractivity contribution < 1.29 is 14.0 Å². The van der Waals surface area contributed by atoms with Crippen LogP contribution in [-0.2, 0) is 17.8 Å². The molecule has 0 atom stereocenters. The first-order valence-electron chi connectivity index (χ1n) is 9.03. The van der Waals surface area contributed by atoms with Gasteiger partial charge in [-0.05, 0) is 36.8 Å². The molecule has 0 aliphatic carbocycles. The van der Waals surface area contributed by atoms with Crippen molar-refractivity contribution in [1.82, 2.24) is 10.2 Å². The number of piperidine rings is 1. The maximum atomic E-state index is 12.3. The third-order valence-electron chi connectivity index (χ3n) is 4.85. The molecular formula is C20H26ClN3O3. The van der Waals surface area contributed by atoms with E-state index in [-0.39, 0.29) is 37.3 Å². The van der Waals surface area contributed by atoms with Gasteiger partial charge >= 0.3 is 0 Å². The van der Waals surface area contributed by atoms with Gasteiger partial charge in [0.2, 0.25) is 5.91 Å². The van der Waals surface area contributed by atoms with Crippen LogP contribution in [0.1, 0.15) is 34.5 Å². The molecule has 6 nitrogen and oxygen atoms in total. The Balaban J connectivity index is 0.00000261. The Hall–Kier alpha value is -2.31. The van der Waals surface area contributed by atoms with Gasteiger partial charge < -0.3 is 20.4 Å². The smallest absolute Gasteiger partial charge is 0.254 e. The summed E-state index contributed by atoms with van der Waals surface area (Å²) in [6.07, 6.45) is 4.41. The van der Waals surface area contributed by atoms with Crippen LogP contribution >= 0.6 is 12.4 Å². The number of carbonyl (C=O) groups excluding carboxylic acids is 2. The average Bonchev–Trinajstić information content (AvgIpc) is 3.17. The molecule has 1 aromatic carbocycles. The molecule has 7 heteroatoms. The van der Waals surface area contributed by atoms with Gasteiger partial charge in [-0.3, -0.25) is 9.59 Å². The number of nitrogens with zero attached hydrogens (tertiary/aromatic N) is 1. The number of benzene rings is 1. The van der Waals surface area contributed by atoms with Gasteiger partial charge in [0.1, 0.15) is 12.0 Å². The molecular weight excluding hydrogens is 366 g/mol. The number of amides is 2. The van der Waals surface area contributed by atoms with Gasteiger partial charge in [-0.15, -0.1) is 12.4 Å². The zero-order valence-electron chi connectivity index (χ0n) is 15.2. The quantitative estimate of drug-likeness (QED) is 0.791. The fraction of sp³-hybridized carbons (Fsp3) is 0.400. The van der Waals surface area contributed by atoms with Crippen molar-refractivity contribution in [3.8, 4) is 0 Å². The molecule has 0 spiro atoms. The maximum Gasteiger partial charge on any atom is 0.254 e. The van der Waals surface area contributed by atoms with E-state index >= 15 is 0 Å². The van der Waals surface area contributed by atoms with E-state index in [0.717, 1.165) is 32.4 Å². The Morgan fingerprint density at radius 3 is 2.52 bits per heavy atom. The van der Waals surface area contributed by atoms with Crippen molar-refractivity contribution in [1.29, 1.82) is 0 Å². The summed E-state index contributed by atoms with van der Waals surface area (Å²) < 4.78 is 5.14. The second-order valence-corrected chi connectivity index (χ2v) is 6.70. The average molecular weight is 392 g/mol. The molecule has 0 radical (unpaired) electrons. The Bertz CT molecular complexity index is 740. The standard InChI is InChI=1S/C20H25N3O3.ClH/c21-12-18-11-17(14-26-18)20(25)22-13-19(24)23-8-6-16(7-9-23)10-15-4-2-1-3-5-15;/h1-5,11,14,16H,6-10,12-13,21H2,(H,22,25);1H. The molecule has 1 aliphatic rings. The van der Waals surface area contributed by atoms with E-state index in [4.69, 9.17) is 10.2 Å². The lowest BCUT2D eigenvalue weighted by atomic mass is 9.90. The predicted molar refractivity (Wildman–Crippen MR) is 106 cm³/mol. The van der Waals surface area contributed by atoms with Crippen molar-refractivity contribution in [3.05, 3.63) is 59.5 Å². The molecule has 0 bridgehead atoms. The van der Waals surface area contributed by atoms with E-state index < -0.39 is 0 Å². The van der Waals surface area contributed by atoms with Crippen molar-refractivity contribution >= 4 is 24.2 Å². The second-order valence-electron chi connectivity index (χ2n) is 6.70. The SMILES string of the molecule is Cl.NCc1cc(C(=O)NCC(=O)N2CCC(Cc3ccccc3)CC2)co1. The van der Waals surface area contributed by atoms with Crippen LogP contribution in [-0.4, -0.2) is 36.3 Å². The number of hydrogen-bond donors (Lipinski definition) is 2. The lowest BCUT2D eigenvalue weighted by Gasteiger charge is -2.32. The fourth-order valence-electron chi connectivity index (χ4n) is 3.31. The topological polar surface area (TPSA) is 88.6 Å². The van der Waals surface area contributed by atoms with Crippen LogP contribution < -0.4 is 11.1 Å². The number of furan rings is 1. The molecule has 3 rings (SSSR count). The summed E-state index contributed by atoms with van der Waals surface area (Å²) >= 11 is 0. The van der Waals surface area contributed by atoms with Crippen molar-refractivity contribution in [2.45, 2.75) is 25.8 Å². The van der Waals surface area contributed by atoms with E-state index in [9.17, 15) is 9.59 Å². The summed E-state index contributed by atoms with van der Waals surface area (Å²) in [6.45, 7) is 1.74. The van der Waals surface area contributed by atoms with Crippen LogP contribution in [0.15, 0.2) is 47.1 Å². The van der Waals surface area contributed by atoms with E-state index in [2.05, 4.69) is 29.6 Å². The van der Waals surface area contributed by atoms with Crippen molar-refractivity contribution in [3.63, 3.8) is 0 Å². The van der Waals surface area contributed by atoms with Gasteiger partial charge in [0.05, 0.1) is 18.7 Å². The molecule has 1 saturated heterocycles. The summed E-state index contributed by atoms with van der Waals surface area (Å²) in [5, 5.41) is 2.65. The number of carbonyl (C=O) groups is 2. The molecule has 2 amide bonds. The summed E-state index contributed by atoms with van der Waals surface area (Å²) in [5.41, 5.74) is 7.19. The molecule has 1 fully saturated rings. The van der Waals surface area contributed by atoms with E-state index in [1.807, 2.05) is 11.0 Å². The lowest BCUT2D eigenvalue weighted by Crippen LogP contribution is -2.44. The zero-order chi connectivity index (χ0) is 18.4. The summed E-state index contributed by atoms with van der Waals surface area (Å²) in [4.78, 5) is 26.2. The number of nitrogens with one attached hydrogen (secondary N) is 1. The summed E-state index contributed by atoms with van der Waals surface area (Å²) in [5.74, 6) is 0.790. The first-order chi connectivity index (χ1) is 12.7. The fourth-order valence-corrected chi connectivity index (χ4v) is 3.31. The van der Waals surface area contributed by atoms with Gasteiger partial charge in [0.15, 0.2) is 0 Å². The molecule has 0 unspecified atom stereocenters. The second kappa shape index (κ2) is 10.1. The van der Waals surface area contributed by atoms with Gasteiger partial charge in [-0.1, -0.05) is 30.3 Å². The van der Waals surface area contributed by atoms with Crippen LogP contribution in [0.3, 0.4) is 0 Å². The number of hydrogen-bond acceptors (Lipinski definition) is 4. The Labute approximate surface area is 165 Å². The number of halogens is 1. The molecule has 2 aromatic rings. The predicted octanol–water partition coefficient (Wildman–Crippen LogP) is 2.37. The number of rotatable bonds is 6. The minimum absolute atomic E-state index is 0. The molecule has 146 valence electrons. The van der Waals surface area contributed by atoms with E-state index in [1.165, 1.54) is 11.8 Å². The molecule has 1 aliphatic heterocycles. The number of likely N-dealkylation sites (tertiary alicyclic amines) is 1. The molecule has 3 N–H and O–H groups in total. The van der Waals surface area contributed by atoms with Gasteiger partial charge in [0, 0.05) is 13.1 Å². The monoisotopic (exact) mass is 391 g/mol. The summed E-state index contributed by atoms with van der Waals surface area (Å²) in [6, 6.07) is 12.0. The van der Waals surface area contributed by atoms with E-state index in [1.54, 1.807) is 6.07 Å².